The van der Waals surface area contributed by atoms with Gasteiger partial charge in [0, 0.05) is 24.0 Å². The first kappa shape index (κ1) is 18.3. The third kappa shape index (κ3) is 4.17. The number of halogens is 1. The zero-order chi connectivity index (χ0) is 18.5. The van der Waals surface area contributed by atoms with Crippen molar-refractivity contribution in [3.63, 3.8) is 0 Å². The fraction of sp³-hybridized carbons (Fsp3) is 0.227. The minimum atomic E-state index is -0.516. The van der Waals surface area contributed by atoms with Crippen LogP contribution >= 0.6 is 11.6 Å². The molecule has 3 aromatic carbocycles. The number of hydrogen-bond donors (Lipinski definition) is 0. The van der Waals surface area contributed by atoms with Crippen molar-refractivity contribution in [2.24, 2.45) is 0 Å². The molecule has 1 amide bonds. The maximum Gasteiger partial charge on any atom is 0.263 e. The number of carbonyl (C=O) groups excluding carboxylic acids is 1. The van der Waals surface area contributed by atoms with Crippen molar-refractivity contribution in [3.05, 3.63) is 77.3 Å². The normalized spacial score (nSPS) is 12.0. The fourth-order valence-corrected chi connectivity index (χ4v) is 3.07. The van der Waals surface area contributed by atoms with Gasteiger partial charge in [-0.25, -0.2) is 0 Å². The molecule has 3 aromatic rings. The van der Waals surface area contributed by atoms with E-state index in [2.05, 4.69) is 0 Å². The first-order valence-corrected chi connectivity index (χ1v) is 9.10. The van der Waals surface area contributed by atoms with E-state index in [1.165, 1.54) is 0 Å². The Balaban J connectivity index is 1.74. The van der Waals surface area contributed by atoms with Crippen molar-refractivity contribution in [2.75, 3.05) is 7.05 Å². The van der Waals surface area contributed by atoms with E-state index < -0.39 is 6.10 Å². The van der Waals surface area contributed by atoms with E-state index in [0.717, 1.165) is 22.1 Å². The van der Waals surface area contributed by atoms with Crippen LogP contribution in [-0.2, 0) is 11.3 Å². The molecule has 0 unspecified atom stereocenters. The lowest BCUT2D eigenvalue weighted by Crippen LogP contribution is -2.39. The fourth-order valence-electron chi connectivity index (χ4n) is 2.95. The summed E-state index contributed by atoms with van der Waals surface area (Å²) in [5.74, 6) is 0.707. The number of likely N-dealkylation sites (N-methyl/N-ethyl adjacent to an activating group) is 1. The second kappa shape index (κ2) is 8.24. The second-order valence-electron chi connectivity index (χ2n) is 6.31. The summed E-state index contributed by atoms with van der Waals surface area (Å²) in [4.78, 5) is 14.6. The van der Waals surface area contributed by atoms with Crippen molar-refractivity contribution in [3.8, 4) is 5.75 Å². The molecule has 3 nitrogen and oxygen atoms in total. The number of rotatable bonds is 6. The molecule has 3 rings (SSSR count). The van der Waals surface area contributed by atoms with Crippen LogP contribution in [0.4, 0.5) is 0 Å². The average molecular weight is 368 g/mol. The largest absolute Gasteiger partial charge is 0.480 e. The number of amides is 1. The molecule has 0 N–H and O–H groups in total. The van der Waals surface area contributed by atoms with Crippen LogP contribution in [-0.4, -0.2) is 24.0 Å². The Morgan fingerprint density at radius 1 is 1.04 bits per heavy atom. The predicted octanol–water partition coefficient (Wildman–Crippen LogP) is 5.31. The summed E-state index contributed by atoms with van der Waals surface area (Å²) in [6, 6.07) is 21.5. The molecule has 0 fully saturated rings. The first-order valence-electron chi connectivity index (χ1n) is 8.72. The predicted molar refractivity (Wildman–Crippen MR) is 107 cm³/mol. The van der Waals surface area contributed by atoms with Gasteiger partial charge in [-0.05, 0) is 35.6 Å². The molecule has 0 aromatic heterocycles. The lowest BCUT2D eigenvalue weighted by Gasteiger charge is -2.24. The molecule has 0 bridgehead atoms. The molecule has 4 heteroatoms. The molecule has 0 aliphatic carbocycles. The second-order valence-corrected chi connectivity index (χ2v) is 6.75. The standard InChI is InChI=1S/C22H22ClNO2/c1-3-20(22(25)24(2)15-16-11-13-18(23)14-12-16)26-21-10-6-8-17-7-4-5-9-19(17)21/h4-14,20H,3,15H2,1-2H3/t20-/m0/s1. The third-order valence-electron chi connectivity index (χ3n) is 4.37. The number of benzene rings is 3. The minimum absolute atomic E-state index is 0.0321. The quantitative estimate of drug-likeness (QED) is 0.591. The lowest BCUT2D eigenvalue weighted by atomic mass is 10.1. The molecule has 0 saturated heterocycles. The summed E-state index contributed by atoms with van der Waals surface area (Å²) in [5.41, 5.74) is 1.03. The van der Waals surface area contributed by atoms with E-state index in [1.807, 2.05) is 73.7 Å². The highest BCUT2D eigenvalue weighted by Crippen LogP contribution is 2.27. The van der Waals surface area contributed by atoms with Gasteiger partial charge in [0.05, 0.1) is 0 Å². The number of fused-ring (bicyclic) bond motifs is 1. The van der Waals surface area contributed by atoms with Gasteiger partial charge in [0.2, 0.25) is 0 Å². The van der Waals surface area contributed by atoms with Crippen LogP contribution < -0.4 is 4.74 Å². The monoisotopic (exact) mass is 367 g/mol. The van der Waals surface area contributed by atoms with Gasteiger partial charge in [-0.2, -0.15) is 0 Å². The molecule has 0 heterocycles. The Kier molecular flexibility index (Phi) is 5.79. The van der Waals surface area contributed by atoms with Gasteiger partial charge < -0.3 is 9.64 Å². The maximum atomic E-state index is 12.9. The summed E-state index contributed by atoms with van der Waals surface area (Å²) >= 11 is 5.92. The SMILES string of the molecule is CC[C@H](Oc1cccc2ccccc12)C(=O)N(C)Cc1ccc(Cl)cc1. The molecular formula is C22H22ClNO2. The topological polar surface area (TPSA) is 29.5 Å². The summed E-state index contributed by atoms with van der Waals surface area (Å²) in [6.07, 6.45) is 0.0885. The Bertz CT molecular complexity index is 887. The molecule has 134 valence electrons. The third-order valence-corrected chi connectivity index (χ3v) is 4.63. The van der Waals surface area contributed by atoms with Gasteiger partial charge in [0.15, 0.2) is 6.10 Å². The molecule has 0 radical (unpaired) electrons. The Labute approximate surface area is 159 Å². The van der Waals surface area contributed by atoms with Crippen LogP contribution in [0.15, 0.2) is 66.7 Å². The van der Waals surface area contributed by atoms with E-state index in [0.29, 0.717) is 18.0 Å². The summed E-state index contributed by atoms with van der Waals surface area (Å²) < 4.78 is 6.10. The number of ether oxygens (including phenoxy) is 1. The maximum absolute atomic E-state index is 12.9. The van der Waals surface area contributed by atoms with Gasteiger partial charge >= 0.3 is 0 Å². The van der Waals surface area contributed by atoms with E-state index in [-0.39, 0.29) is 5.91 Å². The van der Waals surface area contributed by atoms with Crippen LogP contribution in [0.5, 0.6) is 5.75 Å². The number of carbonyl (C=O) groups is 1. The highest BCUT2D eigenvalue weighted by molar-refractivity contribution is 6.30. The highest BCUT2D eigenvalue weighted by Gasteiger charge is 2.23. The van der Waals surface area contributed by atoms with Crippen LogP contribution in [0.2, 0.25) is 5.02 Å². The van der Waals surface area contributed by atoms with Crippen LogP contribution in [0.1, 0.15) is 18.9 Å². The van der Waals surface area contributed by atoms with Crippen LogP contribution in [0.3, 0.4) is 0 Å². The van der Waals surface area contributed by atoms with E-state index in [1.54, 1.807) is 11.9 Å². The molecule has 0 saturated carbocycles. The van der Waals surface area contributed by atoms with Crippen molar-refractivity contribution in [1.29, 1.82) is 0 Å². The van der Waals surface area contributed by atoms with Crippen LogP contribution in [0.25, 0.3) is 10.8 Å². The van der Waals surface area contributed by atoms with Gasteiger partial charge in [0.1, 0.15) is 5.75 Å². The summed E-state index contributed by atoms with van der Waals surface area (Å²) in [7, 11) is 1.80. The Morgan fingerprint density at radius 3 is 2.46 bits per heavy atom. The molecule has 1 atom stereocenters. The number of nitrogens with zero attached hydrogens (tertiary/aromatic N) is 1. The van der Waals surface area contributed by atoms with Gasteiger partial charge in [-0.3, -0.25) is 4.79 Å². The summed E-state index contributed by atoms with van der Waals surface area (Å²) in [6.45, 7) is 2.48. The van der Waals surface area contributed by atoms with Crippen molar-refractivity contribution < 1.29 is 9.53 Å². The zero-order valence-corrected chi connectivity index (χ0v) is 15.7. The first-order chi connectivity index (χ1) is 12.6. The van der Waals surface area contributed by atoms with Crippen molar-refractivity contribution >= 4 is 28.3 Å². The minimum Gasteiger partial charge on any atom is -0.480 e. The zero-order valence-electron chi connectivity index (χ0n) is 15.0. The van der Waals surface area contributed by atoms with Gasteiger partial charge in [-0.1, -0.05) is 67.1 Å². The van der Waals surface area contributed by atoms with Crippen LogP contribution in [0, 0.1) is 0 Å². The van der Waals surface area contributed by atoms with Crippen molar-refractivity contribution in [1.82, 2.24) is 4.90 Å². The van der Waals surface area contributed by atoms with Gasteiger partial charge in [0.25, 0.3) is 5.91 Å². The molecule has 0 aliphatic rings. The van der Waals surface area contributed by atoms with Crippen molar-refractivity contribution in [2.45, 2.75) is 26.0 Å². The lowest BCUT2D eigenvalue weighted by molar-refractivity contribution is -0.138. The number of hydrogen-bond acceptors (Lipinski definition) is 2. The molecule has 26 heavy (non-hydrogen) atoms. The molecule has 0 spiro atoms. The Hall–Kier alpha value is -2.52. The van der Waals surface area contributed by atoms with E-state index >= 15 is 0 Å². The summed E-state index contributed by atoms with van der Waals surface area (Å²) in [5, 5.41) is 2.80. The molecular weight excluding hydrogens is 346 g/mol. The smallest absolute Gasteiger partial charge is 0.263 e. The van der Waals surface area contributed by atoms with Gasteiger partial charge in [-0.15, -0.1) is 0 Å². The van der Waals surface area contributed by atoms with E-state index in [4.69, 9.17) is 16.3 Å². The molecule has 0 aliphatic heterocycles. The van der Waals surface area contributed by atoms with E-state index in [9.17, 15) is 4.79 Å². The average Bonchev–Trinajstić information content (AvgIpc) is 2.67. The Morgan fingerprint density at radius 2 is 1.73 bits per heavy atom. The highest BCUT2D eigenvalue weighted by atomic mass is 35.5.